The molecule has 0 aromatic heterocycles. The topological polar surface area (TPSA) is 33.0 Å². The monoisotopic (exact) mass is 251 g/mol. The van der Waals surface area contributed by atoms with Gasteiger partial charge in [-0.15, -0.1) is 0 Å². The zero-order valence-electron chi connectivity index (χ0n) is 11.1. The molecule has 1 unspecified atom stereocenters. The lowest BCUT2D eigenvalue weighted by Crippen LogP contribution is -2.33. The molecule has 0 saturated carbocycles. The van der Waals surface area contributed by atoms with E-state index in [2.05, 4.69) is 24.3 Å². The van der Waals surface area contributed by atoms with Gasteiger partial charge in [-0.3, -0.25) is 0 Å². The van der Waals surface area contributed by atoms with Crippen LogP contribution in [0, 0.1) is 11.3 Å². The van der Waals surface area contributed by atoms with Gasteiger partial charge < -0.3 is 4.74 Å². The summed E-state index contributed by atoms with van der Waals surface area (Å²) in [6, 6.07) is 10.1. The molecule has 0 radical (unpaired) electrons. The van der Waals surface area contributed by atoms with Gasteiger partial charge in [-0.1, -0.05) is 24.3 Å². The quantitative estimate of drug-likeness (QED) is 0.800. The lowest BCUT2D eigenvalue weighted by atomic mass is 9.78. The molecule has 3 rings (SSSR count). The number of benzene rings is 1. The Hall–Kier alpha value is -1.85. The predicted molar refractivity (Wildman–Crippen MR) is 75.4 cm³/mol. The van der Waals surface area contributed by atoms with Crippen LogP contribution in [0.2, 0.25) is 0 Å². The van der Waals surface area contributed by atoms with Gasteiger partial charge in [0.2, 0.25) is 0 Å². The number of hydrogen-bond acceptors (Lipinski definition) is 2. The van der Waals surface area contributed by atoms with Crippen molar-refractivity contribution in [2.24, 2.45) is 0 Å². The van der Waals surface area contributed by atoms with E-state index >= 15 is 0 Å². The van der Waals surface area contributed by atoms with E-state index in [0.717, 1.165) is 31.2 Å². The Labute approximate surface area is 114 Å². The fourth-order valence-electron chi connectivity index (χ4n) is 3.29. The second-order valence-electron chi connectivity index (χ2n) is 5.20. The third-order valence-corrected chi connectivity index (χ3v) is 4.27. The molecule has 1 aromatic rings. The van der Waals surface area contributed by atoms with Crippen LogP contribution in [0.3, 0.4) is 0 Å². The summed E-state index contributed by atoms with van der Waals surface area (Å²) in [5, 5.41) is 9.04. The fourth-order valence-corrected chi connectivity index (χ4v) is 3.29. The Morgan fingerprint density at radius 3 is 2.74 bits per heavy atom. The minimum atomic E-state index is -0.0905. The lowest BCUT2D eigenvalue weighted by molar-refractivity contribution is 0.0182. The first-order valence-electron chi connectivity index (χ1n) is 6.76. The van der Waals surface area contributed by atoms with E-state index in [0.29, 0.717) is 5.56 Å². The van der Waals surface area contributed by atoms with Crippen molar-refractivity contribution in [3.8, 4) is 6.07 Å². The molecule has 0 fully saturated rings. The van der Waals surface area contributed by atoms with E-state index in [1.807, 2.05) is 25.3 Å². The summed E-state index contributed by atoms with van der Waals surface area (Å²) in [6.07, 6.45) is 8.85. The minimum absolute atomic E-state index is 0.0905. The Morgan fingerprint density at radius 1 is 1.21 bits per heavy atom. The van der Waals surface area contributed by atoms with E-state index < -0.39 is 0 Å². The summed E-state index contributed by atoms with van der Waals surface area (Å²) >= 11 is 0. The van der Waals surface area contributed by atoms with Crippen molar-refractivity contribution in [2.45, 2.75) is 31.3 Å². The number of methoxy groups -OCH3 is 1. The standard InChI is InChI=1S/C17H17NO/c1-19-17-9-3-7-15(16(17)8-4-10-17)14-6-2-5-13(11-14)12-18/h2,5-8,11H,3-4,9-10H2,1H3. The van der Waals surface area contributed by atoms with Gasteiger partial charge in [-0.05, 0) is 54.5 Å². The van der Waals surface area contributed by atoms with Gasteiger partial charge in [0.1, 0.15) is 0 Å². The van der Waals surface area contributed by atoms with Crippen LogP contribution in [0.5, 0.6) is 0 Å². The maximum Gasteiger partial charge on any atom is 0.0991 e. The molecular formula is C17H17NO. The molecule has 96 valence electrons. The second-order valence-corrected chi connectivity index (χ2v) is 5.20. The summed E-state index contributed by atoms with van der Waals surface area (Å²) in [5.74, 6) is 0. The van der Waals surface area contributed by atoms with Crippen LogP contribution in [-0.4, -0.2) is 12.7 Å². The SMILES string of the molecule is COC12CCC=C(c3cccc(C#N)c3)C1=CCC2. The van der Waals surface area contributed by atoms with Crippen LogP contribution in [0.15, 0.2) is 42.0 Å². The maximum absolute atomic E-state index is 9.04. The summed E-state index contributed by atoms with van der Waals surface area (Å²) < 4.78 is 5.84. The van der Waals surface area contributed by atoms with Gasteiger partial charge >= 0.3 is 0 Å². The van der Waals surface area contributed by atoms with Crippen molar-refractivity contribution < 1.29 is 4.74 Å². The highest BCUT2D eigenvalue weighted by atomic mass is 16.5. The van der Waals surface area contributed by atoms with E-state index in [9.17, 15) is 0 Å². The van der Waals surface area contributed by atoms with Gasteiger partial charge in [0.05, 0.1) is 17.2 Å². The Balaban J connectivity index is 2.05. The Morgan fingerprint density at radius 2 is 2.00 bits per heavy atom. The zero-order valence-corrected chi connectivity index (χ0v) is 11.1. The molecule has 19 heavy (non-hydrogen) atoms. The van der Waals surface area contributed by atoms with Crippen molar-refractivity contribution in [2.75, 3.05) is 7.11 Å². The summed E-state index contributed by atoms with van der Waals surface area (Å²) in [7, 11) is 1.81. The van der Waals surface area contributed by atoms with E-state index in [4.69, 9.17) is 10.00 Å². The number of fused-ring (bicyclic) bond motifs is 1. The third-order valence-electron chi connectivity index (χ3n) is 4.27. The van der Waals surface area contributed by atoms with Crippen molar-refractivity contribution in [1.29, 1.82) is 5.26 Å². The molecular weight excluding hydrogens is 234 g/mol. The van der Waals surface area contributed by atoms with Crippen molar-refractivity contribution in [3.05, 3.63) is 53.1 Å². The number of hydrogen-bond donors (Lipinski definition) is 0. The molecule has 0 amide bonds. The number of allylic oxidation sites excluding steroid dienone is 2. The first-order chi connectivity index (χ1) is 9.29. The number of nitrogens with zero attached hydrogens (tertiary/aromatic N) is 1. The molecule has 2 aliphatic carbocycles. The first kappa shape index (κ1) is 12.2. The number of ether oxygens (including phenoxy) is 1. The van der Waals surface area contributed by atoms with Gasteiger partial charge in [0, 0.05) is 7.11 Å². The van der Waals surface area contributed by atoms with E-state index in [-0.39, 0.29) is 5.60 Å². The zero-order chi connectivity index (χ0) is 13.3. The molecule has 0 N–H and O–H groups in total. The van der Waals surface area contributed by atoms with Gasteiger partial charge in [0.25, 0.3) is 0 Å². The first-order valence-corrected chi connectivity index (χ1v) is 6.76. The average Bonchev–Trinajstić information content (AvgIpc) is 2.91. The lowest BCUT2D eigenvalue weighted by Gasteiger charge is -2.35. The van der Waals surface area contributed by atoms with Gasteiger partial charge in [0.15, 0.2) is 0 Å². The van der Waals surface area contributed by atoms with Crippen LogP contribution < -0.4 is 0 Å². The Bertz CT molecular complexity index is 606. The van der Waals surface area contributed by atoms with Crippen LogP contribution in [0.1, 0.15) is 36.8 Å². The highest BCUT2D eigenvalue weighted by molar-refractivity contribution is 5.83. The average molecular weight is 251 g/mol. The molecule has 0 heterocycles. The predicted octanol–water partition coefficient (Wildman–Crippen LogP) is 3.84. The maximum atomic E-state index is 9.04. The highest BCUT2D eigenvalue weighted by Crippen LogP contribution is 2.47. The van der Waals surface area contributed by atoms with Crippen molar-refractivity contribution in [3.63, 3.8) is 0 Å². The molecule has 0 bridgehead atoms. The normalized spacial score (nSPS) is 25.3. The van der Waals surface area contributed by atoms with Crippen molar-refractivity contribution >= 4 is 5.57 Å². The van der Waals surface area contributed by atoms with Crippen LogP contribution in [0.25, 0.3) is 5.57 Å². The van der Waals surface area contributed by atoms with Gasteiger partial charge in [-0.25, -0.2) is 0 Å². The van der Waals surface area contributed by atoms with Crippen LogP contribution in [0.4, 0.5) is 0 Å². The smallest absolute Gasteiger partial charge is 0.0991 e. The van der Waals surface area contributed by atoms with E-state index in [1.54, 1.807) is 0 Å². The number of rotatable bonds is 2. The molecule has 2 nitrogen and oxygen atoms in total. The summed E-state index contributed by atoms with van der Waals surface area (Å²) in [6.45, 7) is 0. The molecule has 2 aliphatic rings. The second kappa shape index (κ2) is 4.68. The fraction of sp³-hybridized carbons (Fsp3) is 0.353. The molecule has 1 atom stereocenters. The van der Waals surface area contributed by atoms with E-state index in [1.165, 1.54) is 11.1 Å². The number of nitriles is 1. The largest absolute Gasteiger partial charge is 0.373 e. The van der Waals surface area contributed by atoms with Crippen LogP contribution in [-0.2, 0) is 4.74 Å². The molecule has 0 aliphatic heterocycles. The van der Waals surface area contributed by atoms with Crippen molar-refractivity contribution in [1.82, 2.24) is 0 Å². The molecule has 2 heteroatoms. The van der Waals surface area contributed by atoms with Gasteiger partial charge in [-0.2, -0.15) is 5.26 Å². The third kappa shape index (κ3) is 1.91. The Kier molecular flexibility index (Phi) is 3.00. The summed E-state index contributed by atoms with van der Waals surface area (Å²) in [5.41, 5.74) is 4.32. The highest BCUT2D eigenvalue weighted by Gasteiger charge is 2.40. The van der Waals surface area contributed by atoms with Crippen LogP contribution >= 0.6 is 0 Å². The molecule has 0 spiro atoms. The minimum Gasteiger partial charge on any atom is -0.373 e. The molecule has 1 aromatic carbocycles. The molecule has 0 saturated heterocycles. The summed E-state index contributed by atoms with van der Waals surface area (Å²) in [4.78, 5) is 0.